The third-order valence-electron chi connectivity index (χ3n) is 1.91. The minimum Gasteiger partial charge on any atom is -0.307 e. The molecule has 0 fully saturated rings. The number of nitrogens with zero attached hydrogens (tertiary/aromatic N) is 2. The molecule has 0 aromatic carbocycles. The van der Waals surface area contributed by atoms with Crippen molar-refractivity contribution in [2.24, 2.45) is 0 Å². The highest BCUT2D eigenvalue weighted by atomic mass is 32.1. The van der Waals surface area contributed by atoms with Gasteiger partial charge >= 0.3 is 0 Å². The van der Waals surface area contributed by atoms with Crippen LogP contribution in [-0.2, 0) is 6.54 Å². The Labute approximate surface area is 90.1 Å². The van der Waals surface area contributed by atoms with Crippen molar-refractivity contribution in [2.75, 3.05) is 0 Å². The molecule has 0 unspecified atom stereocenters. The van der Waals surface area contributed by atoms with Crippen LogP contribution >= 0.6 is 11.5 Å². The predicted molar refractivity (Wildman–Crippen MR) is 60.6 cm³/mol. The Bertz CT molecular complexity index is 286. The Morgan fingerprint density at radius 1 is 1.36 bits per heavy atom. The molecule has 0 aliphatic carbocycles. The van der Waals surface area contributed by atoms with Crippen LogP contribution in [0.15, 0.2) is 0 Å². The van der Waals surface area contributed by atoms with Crippen LogP contribution in [0.3, 0.4) is 0 Å². The van der Waals surface area contributed by atoms with E-state index in [-0.39, 0.29) is 5.54 Å². The van der Waals surface area contributed by atoms with Crippen LogP contribution in [0.2, 0.25) is 0 Å². The summed E-state index contributed by atoms with van der Waals surface area (Å²) < 4.78 is 4.00. The van der Waals surface area contributed by atoms with Crippen molar-refractivity contribution in [3.05, 3.63) is 10.6 Å². The first kappa shape index (κ1) is 11.6. The third-order valence-corrected chi connectivity index (χ3v) is 2.65. The second-order valence-corrected chi connectivity index (χ2v) is 5.68. The topological polar surface area (TPSA) is 37.8 Å². The summed E-state index contributed by atoms with van der Waals surface area (Å²) in [5.74, 6) is 0.463. The van der Waals surface area contributed by atoms with Gasteiger partial charge in [-0.2, -0.15) is 0 Å². The summed E-state index contributed by atoms with van der Waals surface area (Å²) in [4.78, 5) is 1.26. The van der Waals surface area contributed by atoms with Gasteiger partial charge in [0, 0.05) is 12.1 Å². The van der Waals surface area contributed by atoms with Gasteiger partial charge in [-0.3, -0.25) is 0 Å². The predicted octanol–water partition coefficient (Wildman–Crippen LogP) is 2.55. The molecule has 0 atom stereocenters. The van der Waals surface area contributed by atoms with Gasteiger partial charge in [0.2, 0.25) is 0 Å². The fraction of sp³-hybridized carbons (Fsp3) is 0.800. The van der Waals surface area contributed by atoms with E-state index in [1.54, 1.807) is 0 Å². The molecule has 0 aliphatic rings. The summed E-state index contributed by atoms with van der Waals surface area (Å²) in [5.41, 5.74) is 1.28. The number of hydrogen-bond acceptors (Lipinski definition) is 4. The average molecular weight is 213 g/mol. The third kappa shape index (κ3) is 3.35. The quantitative estimate of drug-likeness (QED) is 0.838. The Hall–Kier alpha value is -0.480. The van der Waals surface area contributed by atoms with Crippen molar-refractivity contribution in [1.29, 1.82) is 0 Å². The van der Waals surface area contributed by atoms with E-state index in [4.69, 9.17) is 0 Å². The van der Waals surface area contributed by atoms with Gasteiger partial charge < -0.3 is 5.32 Å². The molecule has 1 N–H and O–H groups in total. The van der Waals surface area contributed by atoms with Crippen LogP contribution in [0, 0.1) is 0 Å². The minimum atomic E-state index is 0.151. The van der Waals surface area contributed by atoms with Gasteiger partial charge in [-0.25, -0.2) is 0 Å². The van der Waals surface area contributed by atoms with Gasteiger partial charge in [-0.1, -0.05) is 18.3 Å². The highest BCUT2D eigenvalue weighted by Crippen LogP contribution is 2.19. The van der Waals surface area contributed by atoms with Gasteiger partial charge in [0.25, 0.3) is 0 Å². The standard InChI is InChI=1S/C10H19N3S/c1-7(2)9-8(14-13-12-9)6-11-10(3,4)5/h7,11H,6H2,1-5H3. The zero-order chi connectivity index (χ0) is 10.8. The Balaban J connectivity index is 2.63. The molecule has 1 heterocycles. The molecule has 3 nitrogen and oxygen atoms in total. The number of nitrogens with one attached hydrogen (secondary N) is 1. The molecule has 1 aromatic heterocycles. The molecule has 0 saturated carbocycles. The second kappa shape index (κ2) is 4.36. The van der Waals surface area contributed by atoms with Crippen LogP contribution in [0.1, 0.15) is 51.1 Å². The summed E-state index contributed by atoms with van der Waals surface area (Å²) in [7, 11) is 0. The highest BCUT2D eigenvalue weighted by Gasteiger charge is 2.14. The Morgan fingerprint density at radius 3 is 2.50 bits per heavy atom. The highest BCUT2D eigenvalue weighted by molar-refractivity contribution is 7.05. The SMILES string of the molecule is CC(C)c1nnsc1CNC(C)(C)C. The summed E-state index contributed by atoms with van der Waals surface area (Å²) in [6.45, 7) is 11.7. The van der Waals surface area contributed by atoms with Gasteiger partial charge in [0.1, 0.15) is 0 Å². The Morgan fingerprint density at radius 2 is 2.00 bits per heavy atom. The zero-order valence-corrected chi connectivity index (χ0v) is 10.4. The zero-order valence-electron chi connectivity index (χ0n) is 9.59. The molecule has 0 aliphatic heterocycles. The molecule has 0 amide bonds. The van der Waals surface area contributed by atoms with Gasteiger partial charge in [-0.05, 0) is 38.2 Å². The van der Waals surface area contributed by atoms with E-state index >= 15 is 0 Å². The van der Waals surface area contributed by atoms with Crippen molar-refractivity contribution < 1.29 is 0 Å². The molecule has 14 heavy (non-hydrogen) atoms. The van der Waals surface area contributed by atoms with Crippen LogP contribution in [0.4, 0.5) is 0 Å². The molecule has 0 spiro atoms. The number of rotatable bonds is 3. The van der Waals surface area contributed by atoms with Crippen LogP contribution in [0.5, 0.6) is 0 Å². The summed E-state index contributed by atoms with van der Waals surface area (Å²) in [6, 6.07) is 0. The Kier molecular flexibility index (Phi) is 3.61. The lowest BCUT2D eigenvalue weighted by molar-refractivity contribution is 0.425. The molecule has 0 saturated heterocycles. The minimum absolute atomic E-state index is 0.151. The van der Waals surface area contributed by atoms with Crippen LogP contribution < -0.4 is 5.32 Å². The van der Waals surface area contributed by atoms with Crippen LogP contribution in [-0.4, -0.2) is 15.1 Å². The summed E-state index contributed by atoms with van der Waals surface area (Å²) >= 11 is 1.49. The average Bonchev–Trinajstić information content (AvgIpc) is 2.46. The van der Waals surface area contributed by atoms with E-state index in [1.807, 2.05) is 0 Å². The fourth-order valence-electron chi connectivity index (χ4n) is 1.12. The second-order valence-electron chi connectivity index (χ2n) is 4.84. The van der Waals surface area contributed by atoms with Crippen molar-refractivity contribution in [1.82, 2.24) is 14.9 Å². The smallest absolute Gasteiger partial charge is 0.0826 e. The van der Waals surface area contributed by atoms with E-state index < -0.39 is 0 Å². The monoisotopic (exact) mass is 213 g/mol. The van der Waals surface area contributed by atoms with E-state index in [0.717, 1.165) is 12.2 Å². The summed E-state index contributed by atoms with van der Waals surface area (Å²) in [6.07, 6.45) is 0. The number of aromatic nitrogens is 2. The maximum absolute atomic E-state index is 4.14. The molecule has 1 rings (SSSR count). The van der Waals surface area contributed by atoms with E-state index in [1.165, 1.54) is 16.4 Å². The van der Waals surface area contributed by atoms with Gasteiger partial charge in [0.05, 0.1) is 10.6 Å². The van der Waals surface area contributed by atoms with Crippen LogP contribution in [0.25, 0.3) is 0 Å². The van der Waals surface area contributed by atoms with Crippen molar-refractivity contribution in [3.63, 3.8) is 0 Å². The fourth-order valence-corrected chi connectivity index (χ4v) is 1.86. The van der Waals surface area contributed by atoms with Crippen molar-refractivity contribution in [3.8, 4) is 0 Å². The number of hydrogen-bond donors (Lipinski definition) is 1. The molecule has 0 bridgehead atoms. The van der Waals surface area contributed by atoms with E-state index in [2.05, 4.69) is 49.5 Å². The lowest BCUT2D eigenvalue weighted by Gasteiger charge is -2.20. The first-order valence-electron chi connectivity index (χ1n) is 4.96. The van der Waals surface area contributed by atoms with Gasteiger partial charge in [-0.15, -0.1) is 5.10 Å². The van der Waals surface area contributed by atoms with Crippen molar-refractivity contribution in [2.45, 2.75) is 52.6 Å². The first-order valence-corrected chi connectivity index (χ1v) is 5.73. The molecular formula is C10H19N3S. The van der Waals surface area contributed by atoms with E-state index in [0.29, 0.717) is 5.92 Å². The first-order chi connectivity index (χ1) is 6.40. The van der Waals surface area contributed by atoms with Crippen molar-refractivity contribution >= 4 is 11.5 Å². The molecular weight excluding hydrogens is 194 g/mol. The largest absolute Gasteiger partial charge is 0.307 e. The molecule has 0 radical (unpaired) electrons. The maximum atomic E-state index is 4.14. The molecule has 4 heteroatoms. The molecule has 80 valence electrons. The lowest BCUT2D eigenvalue weighted by Crippen LogP contribution is -2.35. The van der Waals surface area contributed by atoms with E-state index in [9.17, 15) is 0 Å². The van der Waals surface area contributed by atoms with Gasteiger partial charge in [0.15, 0.2) is 0 Å². The lowest BCUT2D eigenvalue weighted by atomic mass is 10.1. The normalized spacial score (nSPS) is 12.4. The summed E-state index contributed by atoms with van der Waals surface area (Å²) in [5, 5.41) is 7.59. The molecule has 1 aromatic rings. The maximum Gasteiger partial charge on any atom is 0.0826 e.